The number of para-hydroxylation sites is 2. The molecule has 0 aliphatic heterocycles. The van der Waals surface area contributed by atoms with Crippen molar-refractivity contribution in [2.24, 2.45) is 0 Å². The molecule has 6 heteroatoms. The topological polar surface area (TPSA) is 69.3 Å². The van der Waals surface area contributed by atoms with Crippen LogP contribution in [0.25, 0.3) is 11.0 Å². The molecule has 2 heterocycles. The molecule has 0 aliphatic carbocycles. The summed E-state index contributed by atoms with van der Waals surface area (Å²) in [6, 6.07) is 17.7. The van der Waals surface area contributed by atoms with Gasteiger partial charge in [0.25, 0.3) is 5.91 Å². The Bertz CT molecular complexity index is 1180. The average Bonchev–Trinajstić information content (AvgIpc) is 3.45. The third-order valence-corrected chi connectivity index (χ3v) is 5.70. The molecule has 2 aromatic heterocycles. The molecule has 32 heavy (non-hydrogen) atoms. The fourth-order valence-corrected chi connectivity index (χ4v) is 3.78. The number of fused-ring (bicyclic) bond motifs is 1. The summed E-state index contributed by atoms with van der Waals surface area (Å²) in [7, 11) is 0. The number of benzene rings is 2. The van der Waals surface area contributed by atoms with Crippen LogP contribution in [0.2, 0.25) is 0 Å². The lowest BCUT2D eigenvalue weighted by Crippen LogP contribution is -2.26. The van der Waals surface area contributed by atoms with E-state index in [9.17, 15) is 4.79 Å². The number of nitrogens with zero attached hydrogens (tertiary/aromatic N) is 2. The third kappa shape index (κ3) is 5.02. The zero-order valence-corrected chi connectivity index (χ0v) is 18.6. The van der Waals surface area contributed by atoms with Crippen molar-refractivity contribution in [1.29, 1.82) is 0 Å². The standard InChI is InChI=1S/C26H29N3O3/c1-19-9-7-12-23(20(19)2)31-17-6-5-16-29-22-11-4-3-10-21(22)28-25(29)14-15-27-26(30)24-13-8-18-32-24/h3-4,7-13,18H,5-6,14-17H2,1-2H3,(H,27,30). The van der Waals surface area contributed by atoms with Crippen molar-refractivity contribution in [1.82, 2.24) is 14.9 Å². The summed E-state index contributed by atoms with van der Waals surface area (Å²) in [6.07, 6.45) is 4.09. The van der Waals surface area contributed by atoms with E-state index in [0.29, 0.717) is 25.3 Å². The zero-order valence-electron chi connectivity index (χ0n) is 18.6. The van der Waals surface area contributed by atoms with Crippen LogP contribution in [0.5, 0.6) is 5.75 Å². The predicted molar refractivity (Wildman–Crippen MR) is 125 cm³/mol. The van der Waals surface area contributed by atoms with Crippen LogP contribution in [0.1, 0.15) is 40.3 Å². The van der Waals surface area contributed by atoms with Crippen LogP contribution in [-0.2, 0) is 13.0 Å². The Morgan fingerprint density at radius 1 is 1.06 bits per heavy atom. The van der Waals surface area contributed by atoms with Crippen LogP contribution in [0, 0.1) is 13.8 Å². The van der Waals surface area contributed by atoms with Gasteiger partial charge in [0.15, 0.2) is 5.76 Å². The SMILES string of the molecule is Cc1cccc(OCCCCn2c(CCNC(=O)c3ccco3)nc3ccccc32)c1C. The van der Waals surface area contributed by atoms with E-state index in [1.54, 1.807) is 12.1 Å². The second kappa shape index (κ2) is 10.2. The van der Waals surface area contributed by atoms with Crippen molar-refractivity contribution in [3.8, 4) is 5.75 Å². The summed E-state index contributed by atoms with van der Waals surface area (Å²) >= 11 is 0. The Labute approximate surface area is 188 Å². The molecule has 6 nitrogen and oxygen atoms in total. The van der Waals surface area contributed by atoms with E-state index in [2.05, 4.69) is 35.9 Å². The minimum Gasteiger partial charge on any atom is -0.493 e. The monoisotopic (exact) mass is 431 g/mol. The molecule has 0 unspecified atom stereocenters. The van der Waals surface area contributed by atoms with Gasteiger partial charge in [0.1, 0.15) is 11.6 Å². The summed E-state index contributed by atoms with van der Waals surface area (Å²) in [5, 5.41) is 2.90. The highest BCUT2D eigenvalue weighted by Gasteiger charge is 2.12. The van der Waals surface area contributed by atoms with Gasteiger partial charge >= 0.3 is 0 Å². The molecule has 2 aromatic carbocycles. The van der Waals surface area contributed by atoms with E-state index >= 15 is 0 Å². The van der Waals surface area contributed by atoms with E-state index in [4.69, 9.17) is 14.1 Å². The number of imidazole rings is 1. The van der Waals surface area contributed by atoms with Gasteiger partial charge in [0.2, 0.25) is 0 Å². The lowest BCUT2D eigenvalue weighted by atomic mass is 10.1. The Morgan fingerprint density at radius 3 is 2.78 bits per heavy atom. The lowest BCUT2D eigenvalue weighted by Gasteiger charge is -2.12. The van der Waals surface area contributed by atoms with E-state index < -0.39 is 0 Å². The number of furan rings is 1. The average molecular weight is 432 g/mol. The van der Waals surface area contributed by atoms with Crippen molar-refractivity contribution in [3.63, 3.8) is 0 Å². The molecule has 0 radical (unpaired) electrons. The number of aromatic nitrogens is 2. The van der Waals surface area contributed by atoms with Gasteiger partial charge in [0, 0.05) is 19.5 Å². The molecule has 166 valence electrons. The van der Waals surface area contributed by atoms with Gasteiger partial charge in [-0.25, -0.2) is 4.98 Å². The van der Waals surface area contributed by atoms with E-state index in [0.717, 1.165) is 42.0 Å². The van der Waals surface area contributed by atoms with Gasteiger partial charge in [-0.3, -0.25) is 4.79 Å². The maximum atomic E-state index is 12.1. The van der Waals surface area contributed by atoms with E-state index in [1.807, 2.05) is 30.3 Å². The molecule has 0 saturated carbocycles. The number of carbonyl (C=O) groups excluding carboxylic acids is 1. The van der Waals surface area contributed by atoms with Crippen molar-refractivity contribution in [2.45, 2.75) is 39.7 Å². The second-order valence-electron chi connectivity index (χ2n) is 7.91. The number of carbonyl (C=O) groups is 1. The van der Waals surface area contributed by atoms with Crippen LogP contribution < -0.4 is 10.1 Å². The number of aryl methyl sites for hydroxylation is 2. The molecule has 1 N–H and O–H groups in total. The Morgan fingerprint density at radius 2 is 1.94 bits per heavy atom. The highest BCUT2D eigenvalue weighted by molar-refractivity contribution is 5.91. The summed E-state index contributed by atoms with van der Waals surface area (Å²) in [4.78, 5) is 16.9. The molecule has 1 amide bonds. The van der Waals surface area contributed by atoms with Crippen molar-refractivity contribution in [2.75, 3.05) is 13.2 Å². The predicted octanol–water partition coefficient (Wildman–Crippen LogP) is 5.08. The van der Waals surface area contributed by atoms with Crippen molar-refractivity contribution in [3.05, 3.63) is 83.6 Å². The van der Waals surface area contributed by atoms with Gasteiger partial charge in [-0.15, -0.1) is 0 Å². The smallest absolute Gasteiger partial charge is 0.286 e. The second-order valence-corrected chi connectivity index (χ2v) is 7.91. The first-order valence-electron chi connectivity index (χ1n) is 11.1. The van der Waals surface area contributed by atoms with E-state index in [-0.39, 0.29) is 5.91 Å². The van der Waals surface area contributed by atoms with Gasteiger partial charge in [0.05, 0.1) is 23.9 Å². The summed E-state index contributed by atoms with van der Waals surface area (Å²) in [6.45, 7) is 6.24. The largest absolute Gasteiger partial charge is 0.493 e. The molecule has 4 aromatic rings. The number of nitrogens with one attached hydrogen (secondary N) is 1. The van der Waals surface area contributed by atoms with Crippen LogP contribution in [0.15, 0.2) is 65.3 Å². The number of unbranched alkanes of at least 4 members (excludes halogenated alkanes) is 1. The van der Waals surface area contributed by atoms with Crippen molar-refractivity contribution >= 4 is 16.9 Å². The summed E-state index contributed by atoms with van der Waals surface area (Å²) in [5.74, 6) is 2.05. The molecular weight excluding hydrogens is 402 g/mol. The fraction of sp³-hybridized carbons (Fsp3) is 0.308. The quantitative estimate of drug-likeness (QED) is 0.356. The Hall–Kier alpha value is -3.54. The van der Waals surface area contributed by atoms with Crippen LogP contribution >= 0.6 is 0 Å². The molecule has 4 rings (SSSR count). The molecule has 0 saturated heterocycles. The minimum atomic E-state index is -0.207. The van der Waals surface area contributed by atoms with Gasteiger partial charge in [-0.05, 0) is 68.1 Å². The first-order valence-corrected chi connectivity index (χ1v) is 11.1. The molecule has 0 aliphatic rings. The molecular formula is C26H29N3O3. The number of hydrogen-bond donors (Lipinski definition) is 1. The van der Waals surface area contributed by atoms with Gasteiger partial charge < -0.3 is 19.0 Å². The molecule has 0 atom stereocenters. The van der Waals surface area contributed by atoms with Crippen LogP contribution in [-0.4, -0.2) is 28.6 Å². The summed E-state index contributed by atoms with van der Waals surface area (Å²) in [5.41, 5.74) is 4.55. The third-order valence-electron chi connectivity index (χ3n) is 5.70. The van der Waals surface area contributed by atoms with Crippen molar-refractivity contribution < 1.29 is 13.9 Å². The number of rotatable bonds is 10. The van der Waals surface area contributed by atoms with Gasteiger partial charge in [-0.2, -0.15) is 0 Å². The Kier molecular flexibility index (Phi) is 6.90. The molecule has 0 spiro atoms. The first kappa shape index (κ1) is 21.7. The van der Waals surface area contributed by atoms with Gasteiger partial charge in [-0.1, -0.05) is 24.3 Å². The maximum absolute atomic E-state index is 12.1. The number of hydrogen-bond acceptors (Lipinski definition) is 4. The Balaban J connectivity index is 1.34. The highest BCUT2D eigenvalue weighted by atomic mass is 16.5. The number of ether oxygens (including phenoxy) is 1. The van der Waals surface area contributed by atoms with E-state index in [1.165, 1.54) is 17.4 Å². The lowest BCUT2D eigenvalue weighted by molar-refractivity contribution is 0.0926. The van der Waals surface area contributed by atoms with Crippen LogP contribution in [0.3, 0.4) is 0 Å². The molecule has 0 bridgehead atoms. The first-order chi connectivity index (χ1) is 15.6. The number of amides is 1. The fourth-order valence-electron chi connectivity index (χ4n) is 3.78. The summed E-state index contributed by atoms with van der Waals surface area (Å²) < 4.78 is 13.4. The highest BCUT2D eigenvalue weighted by Crippen LogP contribution is 2.21. The molecule has 0 fully saturated rings. The maximum Gasteiger partial charge on any atom is 0.286 e. The van der Waals surface area contributed by atoms with Crippen LogP contribution in [0.4, 0.5) is 0 Å². The normalized spacial score (nSPS) is 11.1. The minimum absolute atomic E-state index is 0.207. The zero-order chi connectivity index (χ0) is 22.3.